The first-order valence-electron chi connectivity index (χ1n) is 28.3. The monoisotopic (exact) mass is 1150 g/mol. The van der Waals surface area contributed by atoms with Crippen molar-refractivity contribution >= 4 is 65.0 Å². The molecule has 1 saturated heterocycles. The number of aliphatic hydroxyl groups is 2. The summed E-state index contributed by atoms with van der Waals surface area (Å²) in [6.07, 6.45) is -1.56. The Kier molecular flexibility index (Phi) is 34.7. The molecule has 0 saturated carbocycles. The maximum atomic E-state index is 14.4. The van der Waals surface area contributed by atoms with E-state index in [4.69, 9.17) is 28.7 Å². The van der Waals surface area contributed by atoms with Gasteiger partial charge in [0.05, 0.1) is 12.2 Å². The second-order valence-electron chi connectivity index (χ2n) is 21.7. The van der Waals surface area contributed by atoms with Gasteiger partial charge in [-0.1, -0.05) is 54.4 Å². The van der Waals surface area contributed by atoms with Gasteiger partial charge in [0.1, 0.15) is 54.4 Å². The van der Waals surface area contributed by atoms with Crippen molar-refractivity contribution in [1.82, 2.24) is 58.5 Å². The lowest BCUT2D eigenvalue weighted by molar-refractivity contribution is -0.137. The predicted molar refractivity (Wildman–Crippen MR) is 301 cm³/mol. The average molecular weight is 1160 g/mol. The van der Waals surface area contributed by atoms with Gasteiger partial charge in [0.2, 0.25) is 65.0 Å². The molecule has 0 spiro atoms. The predicted octanol–water partition coefficient (Wildman–Crippen LogP) is -5.83. The van der Waals surface area contributed by atoms with Gasteiger partial charge in [-0.15, -0.1) is 0 Å². The van der Waals surface area contributed by atoms with Gasteiger partial charge in [0, 0.05) is 25.4 Å². The van der Waals surface area contributed by atoms with E-state index in [0.29, 0.717) is 12.3 Å². The first-order valence-corrected chi connectivity index (χ1v) is 28.3. The molecule has 464 valence electrons. The minimum absolute atomic E-state index is 0.0236. The number of rotatable bonds is 28. The van der Waals surface area contributed by atoms with Gasteiger partial charge in [-0.05, 0) is 116 Å². The molecule has 23 N–H and O–H groups in total. The van der Waals surface area contributed by atoms with Crippen molar-refractivity contribution < 1.29 is 63.0 Å². The van der Waals surface area contributed by atoms with E-state index >= 15 is 0 Å². The van der Waals surface area contributed by atoms with Crippen LogP contribution < -0.4 is 87.2 Å². The summed E-state index contributed by atoms with van der Waals surface area (Å²) in [5, 5.41) is 49.5. The van der Waals surface area contributed by atoms with Crippen molar-refractivity contribution in [2.75, 3.05) is 39.3 Å². The van der Waals surface area contributed by atoms with E-state index in [0.717, 1.165) is 19.8 Å². The highest BCUT2D eigenvalue weighted by molar-refractivity contribution is 5.98. The van der Waals surface area contributed by atoms with Crippen LogP contribution >= 0.6 is 0 Å². The molecular weight excluding hydrogens is 1060 g/mol. The van der Waals surface area contributed by atoms with Crippen molar-refractivity contribution in [3.8, 4) is 0 Å². The third-order valence-corrected chi connectivity index (χ3v) is 13.4. The average Bonchev–Trinajstić information content (AvgIpc) is 3.41. The van der Waals surface area contributed by atoms with Crippen molar-refractivity contribution in [3.05, 3.63) is 0 Å². The number of nitrogens with two attached hydrogens (primary N) is 5. The number of amides is 11. The Bertz CT molecular complexity index is 2050. The Morgan fingerprint density at radius 3 is 1.54 bits per heavy atom. The van der Waals surface area contributed by atoms with Crippen LogP contribution in [-0.2, 0) is 52.7 Å². The summed E-state index contributed by atoms with van der Waals surface area (Å²) in [6.45, 7) is 12.3. The van der Waals surface area contributed by atoms with Gasteiger partial charge in [-0.25, -0.2) is 0 Å². The molecule has 1 aliphatic heterocycles. The normalized spacial score (nSPS) is 23.6. The van der Waals surface area contributed by atoms with Crippen molar-refractivity contribution in [2.45, 2.75) is 205 Å². The first kappa shape index (κ1) is 72.9. The van der Waals surface area contributed by atoms with Crippen LogP contribution in [0.15, 0.2) is 0 Å². The van der Waals surface area contributed by atoms with Crippen LogP contribution in [0, 0.1) is 17.8 Å². The molecule has 81 heavy (non-hydrogen) atoms. The third kappa shape index (κ3) is 27.5. The Hall–Kier alpha value is -6.11. The maximum Gasteiger partial charge on any atom is 0.245 e. The number of hydrogen-bond acceptors (Lipinski definition) is 18. The number of aliphatic hydroxyl groups excluding tert-OH is 2. The van der Waals surface area contributed by atoms with Gasteiger partial charge in [0.25, 0.3) is 0 Å². The van der Waals surface area contributed by atoms with E-state index in [9.17, 15) is 63.0 Å². The van der Waals surface area contributed by atoms with Crippen LogP contribution in [0.1, 0.15) is 132 Å². The quantitative estimate of drug-likeness (QED) is 0.0347. The molecule has 1 aliphatic rings. The minimum atomic E-state index is -1.84. The van der Waals surface area contributed by atoms with Crippen LogP contribution in [0.3, 0.4) is 0 Å². The largest absolute Gasteiger partial charge is 0.391 e. The molecule has 0 bridgehead atoms. The molecule has 29 heteroatoms. The molecule has 13 atom stereocenters. The highest BCUT2D eigenvalue weighted by Gasteiger charge is 2.37. The number of carbonyl (C=O) groups excluding carboxylic acids is 11. The summed E-state index contributed by atoms with van der Waals surface area (Å²) in [4.78, 5) is 152. The lowest BCUT2D eigenvalue weighted by Crippen LogP contribution is -2.63. The molecule has 0 aromatic heterocycles. The van der Waals surface area contributed by atoms with Crippen LogP contribution in [0.25, 0.3) is 0 Å². The summed E-state index contributed by atoms with van der Waals surface area (Å²) in [7, 11) is 0. The minimum Gasteiger partial charge on any atom is -0.391 e. The smallest absolute Gasteiger partial charge is 0.245 e. The lowest BCUT2D eigenvalue weighted by atomic mass is 9.98. The molecule has 13 unspecified atom stereocenters. The van der Waals surface area contributed by atoms with Gasteiger partial charge in [-0.2, -0.15) is 0 Å². The van der Waals surface area contributed by atoms with Gasteiger partial charge >= 0.3 is 0 Å². The zero-order valence-corrected chi connectivity index (χ0v) is 48.7. The molecule has 1 heterocycles. The molecule has 0 aromatic rings. The second kappa shape index (κ2) is 38.6. The Labute approximate surface area is 475 Å². The molecular formula is C52H98N16O13. The zero-order chi connectivity index (χ0) is 61.5. The van der Waals surface area contributed by atoms with Gasteiger partial charge in [-0.3, -0.25) is 52.7 Å². The van der Waals surface area contributed by atoms with Crippen LogP contribution in [0.4, 0.5) is 0 Å². The lowest BCUT2D eigenvalue weighted by Gasteiger charge is -2.29. The summed E-state index contributed by atoms with van der Waals surface area (Å²) >= 11 is 0. The Morgan fingerprint density at radius 2 is 1.05 bits per heavy atom. The highest BCUT2D eigenvalue weighted by Crippen LogP contribution is 2.14. The van der Waals surface area contributed by atoms with E-state index in [1.807, 2.05) is 20.8 Å². The number of nitrogens with one attached hydrogen (secondary N) is 11. The van der Waals surface area contributed by atoms with E-state index in [1.54, 1.807) is 13.8 Å². The van der Waals surface area contributed by atoms with E-state index in [-0.39, 0.29) is 102 Å². The SMILES string of the molecule is CCC(C)CCCC(=O)NC(CCN)C(=O)NC(C(=O)NC(CCN)C(=O)NC1CNC(=O)C(C(C)O)NC(=O)C(CCN)NC(=O)C(CCN)NC(=O)CC(CC(C)C)NC(=O)C(CC(C)C)NC(=O)C(CCN)NC1=O)C(C)O. The van der Waals surface area contributed by atoms with Crippen molar-refractivity contribution in [1.29, 1.82) is 0 Å². The standard InChI is InChI=1S/C52H98N16O13/c1-9-29(6)11-10-12-40(71)60-34(14-19-54)47(76)68-43(31(8)70)52(81)64-36(16-21-56)46(75)66-39-26-58-51(80)42(30(7)69)67-48(77)37(17-22-57)62-44(73)33(13-18-53)61-41(72)25-32(23-27(2)3)59-49(78)38(24-28(4)5)65-45(74)35(15-20-55)63-50(39)79/h27-39,42-43,69-70H,9-26,53-57H2,1-8H3,(H,58,80)(H,59,78)(H,60,71)(H,61,72)(H,62,73)(H,63,79)(H,64,81)(H,65,74)(H,66,75)(H,67,77)(H,68,76). The maximum absolute atomic E-state index is 14.4. The molecule has 0 aromatic carbocycles. The van der Waals surface area contributed by atoms with Crippen LogP contribution in [0.5, 0.6) is 0 Å². The van der Waals surface area contributed by atoms with Gasteiger partial charge in [0.15, 0.2) is 0 Å². The fraction of sp³-hybridized carbons (Fsp3) is 0.788. The zero-order valence-electron chi connectivity index (χ0n) is 48.7. The van der Waals surface area contributed by atoms with Crippen LogP contribution in [-0.4, -0.2) is 187 Å². The van der Waals surface area contributed by atoms with Crippen molar-refractivity contribution in [2.24, 2.45) is 46.4 Å². The molecule has 0 aliphatic carbocycles. The first-order chi connectivity index (χ1) is 38.2. The van der Waals surface area contributed by atoms with E-state index in [1.165, 1.54) is 6.92 Å². The molecule has 0 radical (unpaired) electrons. The third-order valence-electron chi connectivity index (χ3n) is 13.4. The number of carbonyl (C=O) groups is 11. The molecule has 1 fully saturated rings. The molecule has 11 amide bonds. The highest BCUT2D eigenvalue weighted by atomic mass is 16.3. The summed E-state index contributed by atoms with van der Waals surface area (Å²) < 4.78 is 0. The van der Waals surface area contributed by atoms with Crippen molar-refractivity contribution in [3.63, 3.8) is 0 Å². The molecule has 29 nitrogen and oxygen atoms in total. The second-order valence-corrected chi connectivity index (χ2v) is 21.7. The fourth-order valence-corrected chi connectivity index (χ4v) is 8.69. The fourth-order valence-electron chi connectivity index (χ4n) is 8.69. The summed E-state index contributed by atoms with van der Waals surface area (Å²) in [6, 6.07) is -14.4. The summed E-state index contributed by atoms with van der Waals surface area (Å²) in [5.41, 5.74) is 29.2. The van der Waals surface area contributed by atoms with Crippen LogP contribution in [0.2, 0.25) is 0 Å². The number of hydrogen-bond donors (Lipinski definition) is 18. The topological polar surface area (TPSA) is 491 Å². The Morgan fingerprint density at radius 1 is 0.556 bits per heavy atom. The van der Waals surface area contributed by atoms with E-state index in [2.05, 4.69) is 65.4 Å². The van der Waals surface area contributed by atoms with E-state index < -0.39 is 144 Å². The summed E-state index contributed by atoms with van der Waals surface area (Å²) in [5.74, 6) is -9.56. The van der Waals surface area contributed by atoms with Gasteiger partial charge < -0.3 is 97.4 Å². The Balaban J connectivity index is 3.87. The molecule has 1 rings (SSSR count).